The zero-order valence-electron chi connectivity index (χ0n) is 12.4. The van der Waals surface area contributed by atoms with Gasteiger partial charge in [0, 0.05) is 17.5 Å². The third kappa shape index (κ3) is 2.72. The van der Waals surface area contributed by atoms with E-state index >= 15 is 0 Å². The van der Waals surface area contributed by atoms with Crippen LogP contribution < -0.4 is 5.32 Å². The highest BCUT2D eigenvalue weighted by Crippen LogP contribution is 2.25. The number of rotatable bonds is 4. The van der Waals surface area contributed by atoms with Crippen LogP contribution >= 0.6 is 0 Å². The van der Waals surface area contributed by atoms with Gasteiger partial charge in [-0.25, -0.2) is 9.97 Å². The molecule has 0 aliphatic rings. The summed E-state index contributed by atoms with van der Waals surface area (Å²) < 4.78 is 0. The van der Waals surface area contributed by atoms with Crippen molar-refractivity contribution in [1.29, 1.82) is 0 Å². The molecule has 0 radical (unpaired) electrons. The minimum atomic E-state index is 0.771. The lowest BCUT2D eigenvalue weighted by Crippen LogP contribution is -2.02. The molecule has 0 bridgehead atoms. The summed E-state index contributed by atoms with van der Waals surface area (Å²) in [5.74, 6) is 1.67. The first-order valence-corrected chi connectivity index (χ1v) is 7.41. The smallest absolute Gasteiger partial charge is 0.162 e. The molecule has 3 aromatic rings. The van der Waals surface area contributed by atoms with Crippen LogP contribution in [-0.2, 0) is 6.42 Å². The van der Waals surface area contributed by atoms with E-state index in [1.807, 2.05) is 18.2 Å². The van der Waals surface area contributed by atoms with Gasteiger partial charge in [-0.1, -0.05) is 43.3 Å². The van der Waals surface area contributed by atoms with Gasteiger partial charge in [0.15, 0.2) is 5.82 Å². The van der Waals surface area contributed by atoms with E-state index in [1.54, 1.807) is 0 Å². The molecule has 0 saturated carbocycles. The highest BCUT2D eigenvalue weighted by atomic mass is 15.0. The van der Waals surface area contributed by atoms with E-state index in [0.29, 0.717) is 0 Å². The maximum atomic E-state index is 4.69. The van der Waals surface area contributed by atoms with Gasteiger partial charge in [0.05, 0.1) is 5.52 Å². The summed E-state index contributed by atoms with van der Waals surface area (Å²) in [6.07, 6.45) is 1.04. The van der Waals surface area contributed by atoms with Crippen molar-refractivity contribution in [2.45, 2.75) is 20.3 Å². The number of nitrogens with one attached hydrogen (secondary N) is 1. The second-order valence-electron chi connectivity index (χ2n) is 4.99. The van der Waals surface area contributed by atoms with Crippen LogP contribution in [0.25, 0.3) is 22.3 Å². The zero-order valence-corrected chi connectivity index (χ0v) is 12.4. The second kappa shape index (κ2) is 5.92. The first-order chi connectivity index (χ1) is 10.3. The lowest BCUT2D eigenvalue weighted by Gasteiger charge is -2.09. The summed E-state index contributed by atoms with van der Waals surface area (Å²) in [6, 6.07) is 16.6. The summed E-state index contributed by atoms with van der Waals surface area (Å²) in [5, 5.41) is 4.40. The lowest BCUT2D eigenvalue weighted by atomic mass is 10.1. The molecule has 1 heterocycles. The van der Waals surface area contributed by atoms with E-state index in [2.05, 4.69) is 49.5 Å². The van der Waals surface area contributed by atoms with E-state index in [9.17, 15) is 0 Å². The van der Waals surface area contributed by atoms with E-state index < -0.39 is 0 Å². The summed E-state index contributed by atoms with van der Waals surface area (Å²) in [6.45, 7) is 5.08. The van der Waals surface area contributed by atoms with Gasteiger partial charge in [0.1, 0.15) is 5.82 Å². The zero-order chi connectivity index (χ0) is 14.7. The lowest BCUT2D eigenvalue weighted by molar-refractivity contribution is 1.13. The topological polar surface area (TPSA) is 37.8 Å². The number of para-hydroxylation sites is 1. The van der Waals surface area contributed by atoms with Crippen molar-refractivity contribution in [2.75, 3.05) is 11.9 Å². The van der Waals surface area contributed by atoms with Gasteiger partial charge in [-0.2, -0.15) is 0 Å². The Morgan fingerprint density at radius 3 is 2.38 bits per heavy atom. The number of nitrogens with zero attached hydrogens (tertiary/aromatic N) is 2. The Balaban J connectivity index is 2.13. The van der Waals surface area contributed by atoms with Gasteiger partial charge < -0.3 is 5.32 Å². The fourth-order valence-electron chi connectivity index (χ4n) is 2.40. The Hall–Kier alpha value is -2.42. The van der Waals surface area contributed by atoms with Crippen LogP contribution in [0.2, 0.25) is 0 Å². The van der Waals surface area contributed by atoms with Crippen LogP contribution in [0, 0.1) is 0 Å². The molecule has 0 amide bonds. The minimum Gasteiger partial charge on any atom is -0.370 e. The first-order valence-electron chi connectivity index (χ1n) is 7.41. The second-order valence-corrected chi connectivity index (χ2v) is 4.99. The molecular formula is C18H19N3. The van der Waals surface area contributed by atoms with Crippen LogP contribution in [0.1, 0.15) is 19.4 Å². The van der Waals surface area contributed by atoms with Crippen molar-refractivity contribution >= 4 is 16.7 Å². The molecule has 3 nitrogen and oxygen atoms in total. The van der Waals surface area contributed by atoms with Crippen molar-refractivity contribution in [2.24, 2.45) is 0 Å². The van der Waals surface area contributed by atoms with Crippen molar-refractivity contribution in [3.63, 3.8) is 0 Å². The predicted molar refractivity (Wildman–Crippen MR) is 88.5 cm³/mol. The summed E-state index contributed by atoms with van der Waals surface area (Å²) in [5.41, 5.74) is 3.35. The molecule has 106 valence electrons. The molecule has 0 aliphatic carbocycles. The molecule has 0 fully saturated rings. The molecule has 2 aromatic carbocycles. The van der Waals surface area contributed by atoms with E-state index in [4.69, 9.17) is 9.97 Å². The third-order valence-corrected chi connectivity index (χ3v) is 3.57. The largest absolute Gasteiger partial charge is 0.370 e. The summed E-state index contributed by atoms with van der Waals surface area (Å²) >= 11 is 0. The highest BCUT2D eigenvalue weighted by Gasteiger charge is 2.08. The van der Waals surface area contributed by atoms with Crippen molar-refractivity contribution in [1.82, 2.24) is 9.97 Å². The van der Waals surface area contributed by atoms with Crippen molar-refractivity contribution in [3.8, 4) is 11.4 Å². The Morgan fingerprint density at radius 2 is 1.67 bits per heavy atom. The molecule has 0 saturated heterocycles. The van der Waals surface area contributed by atoms with E-state index in [0.717, 1.165) is 41.1 Å². The predicted octanol–water partition coefficient (Wildman–Crippen LogP) is 4.29. The summed E-state index contributed by atoms with van der Waals surface area (Å²) in [7, 11) is 0. The van der Waals surface area contributed by atoms with Gasteiger partial charge in [-0.15, -0.1) is 0 Å². The fourth-order valence-corrected chi connectivity index (χ4v) is 2.40. The Bertz CT molecular complexity index is 748. The maximum absolute atomic E-state index is 4.69. The third-order valence-electron chi connectivity index (χ3n) is 3.57. The van der Waals surface area contributed by atoms with Gasteiger partial charge in [-0.3, -0.25) is 0 Å². The van der Waals surface area contributed by atoms with Gasteiger partial charge >= 0.3 is 0 Å². The van der Waals surface area contributed by atoms with Crippen molar-refractivity contribution < 1.29 is 0 Å². The molecule has 3 rings (SSSR count). The fraction of sp³-hybridized carbons (Fsp3) is 0.222. The molecule has 0 atom stereocenters. The quantitative estimate of drug-likeness (QED) is 0.773. The average molecular weight is 277 g/mol. The first kappa shape index (κ1) is 13.6. The number of benzene rings is 2. The molecule has 1 aromatic heterocycles. The molecular weight excluding hydrogens is 258 g/mol. The average Bonchev–Trinajstić information content (AvgIpc) is 2.55. The summed E-state index contributed by atoms with van der Waals surface area (Å²) in [4.78, 5) is 9.39. The molecule has 0 spiro atoms. The number of aryl methyl sites for hydroxylation is 1. The number of aromatic nitrogens is 2. The number of hydrogen-bond donors (Lipinski definition) is 1. The normalized spacial score (nSPS) is 10.8. The molecule has 3 heteroatoms. The van der Waals surface area contributed by atoms with Crippen LogP contribution in [0.3, 0.4) is 0 Å². The maximum Gasteiger partial charge on any atom is 0.162 e. The van der Waals surface area contributed by atoms with Crippen LogP contribution in [0.5, 0.6) is 0 Å². The van der Waals surface area contributed by atoms with Gasteiger partial charge in [0.25, 0.3) is 0 Å². The van der Waals surface area contributed by atoms with Gasteiger partial charge in [-0.05, 0) is 31.0 Å². The monoisotopic (exact) mass is 277 g/mol. The SMILES string of the molecule is CCNc1nc(-c2ccc(CC)cc2)nc2ccccc12. The van der Waals surface area contributed by atoms with Crippen molar-refractivity contribution in [3.05, 3.63) is 54.1 Å². The number of anilines is 1. The van der Waals surface area contributed by atoms with E-state index in [-0.39, 0.29) is 0 Å². The molecule has 1 N–H and O–H groups in total. The van der Waals surface area contributed by atoms with Crippen LogP contribution in [0.15, 0.2) is 48.5 Å². The molecule has 21 heavy (non-hydrogen) atoms. The highest BCUT2D eigenvalue weighted by molar-refractivity contribution is 5.90. The molecule has 0 unspecified atom stereocenters. The molecule has 0 aliphatic heterocycles. The Morgan fingerprint density at radius 1 is 0.905 bits per heavy atom. The van der Waals surface area contributed by atoms with E-state index in [1.165, 1.54) is 5.56 Å². The Labute approximate surface area is 125 Å². The number of hydrogen-bond acceptors (Lipinski definition) is 3. The van der Waals surface area contributed by atoms with Crippen LogP contribution in [0.4, 0.5) is 5.82 Å². The van der Waals surface area contributed by atoms with Gasteiger partial charge in [0.2, 0.25) is 0 Å². The number of fused-ring (bicyclic) bond motifs is 1. The van der Waals surface area contributed by atoms with Crippen LogP contribution in [-0.4, -0.2) is 16.5 Å². The minimum absolute atomic E-state index is 0.771. The Kier molecular flexibility index (Phi) is 3.82. The standard InChI is InChI=1S/C18H19N3/c1-3-13-9-11-14(12-10-13)17-20-16-8-6-5-7-15(16)18(21-17)19-4-2/h5-12H,3-4H2,1-2H3,(H,19,20,21).